The standard InChI is InChI=1S/C18H22BrNO2/c1-18(2,21)14-6-9-17(16(19)12-14)22-15-7-4-13(5-8-15)10-11-20-3/h4-9,12,20-21H,10-11H2,1-3H3. The lowest BCUT2D eigenvalue weighted by Crippen LogP contribution is -2.15. The topological polar surface area (TPSA) is 41.5 Å². The Morgan fingerprint density at radius 3 is 2.36 bits per heavy atom. The van der Waals surface area contributed by atoms with Crippen LogP contribution in [0.25, 0.3) is 0 Å². The van der Waals surface area contributed by atoms with Gasteiger partial charge in [0.25, 0.3) is 0 Å². The minimum Gasteiger partial charge on any atom is -0.456 e. The van der Waals surface area contributed by atoms with Gasteiger partial charge in [-0.1, -0.05) is 18.2 Å². The van der Waals surface area contributed by atoms with Crippen molar-refractivity contribution in [3.05, 3.63) is 58.1 Å². The average molecular weight is 364 g/mol. The van der Waals surface area contributed by atoms with Crippen LogP contribution >= 0.6 is 15.9 Å². The second-order valence-corrected chi connectivity index (χ2v) is 6.66. The van der Waals surface area contributed by atoms with Gasteiger partial charge >= 0.3 is 0 Å². The molecule has 2 N–H and O–H groups in total. The summed E-state index contributed by atoms with van der Waals surface area (Å²) >= 11 is 3.50. The molecule has 0 saturated heterocycles. The molecule has 0 saturated carbocycles. The first kappa shape index (κ1) is 17.0. The predicted molar refractivity (Wildman–Crippen MR) is 93.5 cm³/mol. The molecule has 2 aromatic carbocycles. The molecule has 0 radical (unpaired) electrons. The Balaban J connectivity index is 2.10. The van der Waals surface area contributed by atoms with Gasteiger partial charge in [-0.15, -0.1) is 0 Å². The third-order valence-electron chi connectivity index (χ3n) is 3.45. The van der Waals surface area contributed by atoms with Crippen LogP contribution in [0.4, 0.5) is 0 Å². The van der Waals surface area contributed by atoms with Crippen LogP contribution in [0.2, 0.25) is 0 Å². The maximum Gasteiger partial charge on any atom is 0.141 e. The highest BCUT2D eigenvalue weighted by Gasteiger charge is 2.17. The maximum atomic E-state index is 10.0. The smallest absolute Gasteiger partial charge is 0.141 e. The van der Waals surface area contributed by atoms with E-state index in [2.05, 4.69) is 33.4 Å². The zero-order chi connectivity index (χ0) is 16.2. The van der Waals surface area contributed by atoms with Crippen molar-refractivity contribution in [1.29, 1.82) is 0 Å². The molecule has 22 heavy (non-hydrogen) atoms. The largest absolute Gasteiger partial charge is 0.456 e. The molecule has 0 bridgehead atoms. The number of hydrogen-bond acceptors (Lipinski definition) is 3. The van der Waals surface area contributed by atoms with Gasteiger partial charge in [0.2, 0.25) is 0 Å². The Bertz CT molecular complexity index is 618. The van der Waals surface area contributed by atoms with E-state index in [-0.39, 0.29) is 0 Å². The van der Waals surface area contributed by atoms with Gasteiger partial charge in [0.15, 0.2) is 0 Å². The molecule has 0 aliphatic carbocycles. The van der Waals surface area contributed by atoms with E-state index < -0.39 is 5.60 Å². The number of halogens is 1. The molecule has 0 aliphatic rings. The first-order valence-corrected chi connectivity index (χ1v) is 8.13. The van der Waals surface area contributed by atoms with Gasteiger partial charge < -0.3 is 15.2 Å². The fourth-order valence-corrected chi connectivity index (χ4v) is 2.54. The summed E-state index contributed by atoms with van der Waals surface area (Å²) in [5.41, 5.74) is 1.25. The lowest BCUT2D eigenvalue weighted by atomic mass is 9.99. The summed E-state index contributed by atoms with van der Waals surface area (Å²) in [6.07, 6.45) is 1.00. The van der Waals surface area contributed by atoms with Crippen LogP contribution in [0.15, 0.2) is 46.9 Å². The van der Waals surface area contributed by atoms with Crippen LogP contribution in [-0.4, -0.2) is 18.7 Å². The molecule has 2 aromatic rings. The third kappa shape index (κ3) is 4.57. The average Bonchev–Trinajstić information content (AvgIpc) is 2.47. The molecule has 4 heteroatoms. The van der Waals surface area contributed by atoms with Crippen LogP contribution in [-0.2, 0) is 12.0 Å². The molecule has 2 rings (SSSR count). The predicted octanol–water partition coefficient (Wildman–Crippen LogP) is 4.23. The second kappa shape index (κ2) is 7.27. The van der Waals surface area contributed by atoms with E-state index in [1.165, 1.54) is 5.56 Å². The summed E-state index contributed by atoms with van der Waals surface area (Å²) in [6, 6.07) is 13.7. The minimum absolute atomic E-state index is 0.732. The van der Waals surface area contributed by atoms with E-state index in [1.807, 2.05) is 37.4 Å². The highest BCUT2D eigenvalue weighted by atomic mass is 79.9. The van der Waals surface area contributed by atoms with Crippen LogP contribution in [0.5, 0.6) is 11.5 Å². The van der Waals surface area contributed by atoms with E-state index in [9.17, 15) is 5.11 Å². The van der Waals surface area contributed by atoms with Gasteiger partial charge in [-0.05, 0) is 85.2 Å². The minimum atomic E-state index is -0.865. The van der Waals surface area contributed by atoms with Crippen molar-refractivity contribution >= 4 is 15.9 Å². The van der Waals surface area contributed by atoms with E-state index in [0.717, 1.165) is 34.5 Å². The van der Waals surface area contributed by atoms with E-state index in [4.69, 9.17) is 4.74 Å². The SMILES string of the molecule is CNCCc1ccc(Oc2ccc(C(C)(C)O)cc2Br)cc1. The van der Waals surface area contributed by atoms with Crippen LogP contribution < -0.4 is 10.1 Å². The van der Waals surface area contributed by atoms with Gasteiger partial charge in [-0.2, -0.15) is 0 Å². The molecule has 0 aromatic heterocycles. The Kier molecular flexibility index (Phi) is 5.62. The molecule has 0 fully saturated rings. The van der Waals surface area contributed by atoms with Crippen molar-refractivity contribution < 1.29 is 9.84 Å². The number of nitrogens with one attached hydrogen (secondary N) is 1. The van der Waals surface area contributed by atoms with Crippen molar-refractivity contribution in [3.63, 3.8) is 0 Å². The number of aliphatic hydroxyl groups is 1. The molecular weight excluding hydrogens is 342 g/mol. The monoisotopic (exact) mass is 363 g/mol. The van der Waals surface area contributed by atoms with Crippen molar-refractivity contribution in [3.8, 4) is 11.5 Å². The van der Waals surface area contributed by atoms with Crippen molar-refractivity contribution in [2.24, 2.45) is 0 Å². The van der Waals surface area contributed by atoms with Crippen LogP contribution in [0.3, 0.4) is 0 Å². The van der Waals surface area contributed by atoms with Crippen LogP contribution in [0.1, 0.15) is 25.0 Å². The molecule has 0 atom stereocenters. The number of hydrogen-bond donors (Lipinski definition) is 2. The Morgan fingerprint density at radius 1 is 1.14 bits per heavy atom. The lowest BCUT2D eigenvalue weighted by Gasteiger charge is -2.19. The number of rotatable bonds is 6. The summed E-state index contributed by atoms with van der Waals surface area (Å²) < 4.78 is 6.72. The number of likely N-dealkylation sites (N-methyl/N-ethyl adjacent to an activating group) is 1. The van der Waals surface area contributed by atoms with Crippen molar-refractivity contribution in [2.75, 3.05) is 13.6 Å². The quantitative estimate of drug-likeness (QED) is 0.806. The normalized spacial score (nSPS) is 11.5. The van der Waals surface area contributed by atoms with E-state index in [1.54, 1.807) is 13.8 Å². The summed E-state index contributed by atoms with van der Waals surface area (Å²) in [5.74, 6) is 1.53. The third-order valence-corrected chi connectivity index (χ3v) is 4.07. The van der Waals surface area contributed by atoms with Crippen molar-refractivity contribution in [1.82, 2.24) is 5.32 Å². The van der Waals surface area contributed by atoms with Gasteiger partial charge in [0.05, 0.1) is 10.1 Å². The molecule has 3 nitrogen and oxygen atoms in total. The molecule has 0 heterocycles. The molecule has 0 unspecified atom stereocenters. The zero-order valence-corrected chi connectivity index (χ0v) is 14.8. The zero-order valence-electron chi connectivity index (χ0n) is 13.2. The summed E-state index contributed by atoms with van der Waals surface area (Å²) in [7, 11) is 1.95. The summed E-state index contributed by atoms with van der Waals surface area (Å²) in [5, 5.41) is 13.2. The van der Waals surface area contributed by atoms with Gasteiger partial charge in [-0.3, -0.25) is 0 Å². The van der Waals surface area contributed by atoms with Gasteiger partial charge in [0, 0.05) is 0 Å². The Morgan fingerprint density at radius 2 is 1.82 bits per heavy atom. The molecule has 0 spiro atoms. The first-order chi connectivity index (χ1) is 10.4. The Labute approximate surface area is 140 Å². The fraction of sp³-hybridized carbons (Fsp3) is 0.333. The summed E-state index contributed by atoms with van der Waals surface area (Å²) in [6.45, 7) is 4.49. The molecule has 0 amide bonds. The number of benzene rings is 2. The fourth-order valence-electron chi connectivity index (χ4n) is 2.08. The number of ether oxygens (including phenoxy) is 1. The highest BCUT2D eigenvalue weighted by molar-refractivity contribution is 9.10. The Hall–Kier alpha value is -1.36. The van der Waals surface area contributed by atoms with Crippen LogP contribution in [0, 0.1) is 0 Å². The van der Waals surface area contributed by atoms with Crippen molar-refractivity contribution in [2.45, 2.75) is 25.9 Å². The molecular formula is C18H22BrNO2. The first-order valence-electron chi connectivity index (χ1n) is 7.34. The second-order valence-electron chi connectivity index (χ2n) is 5.80. The van der Waals surface area contributed by atoms with E-state index in [0.29, 0.717) is 0 Å². The van der Waals surface area contributed by atoms with Gasteiger partial charge in [0.1, 0.15) is 11.5 Å². The summed E-state index contributed by atoms with van der Waals surface area (Å²) in [4.78, 5) is 0. The molecule has 0 aliphatic heterocycles. The lowest BCUT2D eigenvalue weighted by molar-refractivity contribution is 0.0785. The maximum absolute atomic E-state index is 10.0. The molecule has 118 valence electrons. The van der Waals surface area contributed by atoms with Gasteiger partial charge in [-0.25, -0.2) is 0 Å². The van der Waals surface area contributed by atoms with E-state index >= 15 is 0 Å². The highest BCUT2D eigenvalue weighted by Crippen LogP contribution is 2.33.